The molecular weight excluding hydrogens is 154 g/mol. The zero-order valence-corrected chi connectivity index (χ0v) is 7.38. The molecule has 2 saturated carbocycles. The lowest BCUT2D eigenvalue weighted by atomic mass is 9.92. The number of rotatable bonds is 1. The third-order valence-electron chi connectivity index (χ3n) is 3.17. The maximum Gasteiger partial charge on any atom is 0.304 e. The Morgan fingerprint density at radius 2 is 2.33 bits per heavy atom. The molecule has 2 rings (SSSR count). The van der Waals surface area contributed by atoms with Gasteiger partial charge >= 0.3 is 5.97 Å². The van der Waals surface area contributed by atoms with Crippen molar-refractivity contribution in [3.05, 3.63) is 0 Å². The number of nitrogens with two attached hydrogens (primary N) is 1. The van der Waals surface area contributed by atoms with Crippen LogP contribution in [0.15, 0.2) is 0 Å². The van der Waals surface area contributed by atoms with Gasteiger partial charge in [-0.1, -0.05) is 0 Å². The minimum absolute atomic E-state index is 0.245. The molecule has 2 N–H and O–H groups in total. The van der Waals surface area contributed by atoms with Gasteiger partial charge in [-0.2, -0.15) is 0 Å². The normalized spacial score (nSPS) is 44.8. The van der Waals surface area contributed by atoms with Crippen molar-refractivity contribution in [2.75, 3.05) is 0 Å². The highest BCUT2D eigenvalue weighted by molar-refractivity contribution is 5.66. The van der Waals surface area contributed by atoms with Gasteiger partial charge in [0.05, 0.1) is 0 Å². The Labute approximate surface area is 72.3 Å². The van der Waals surface area contributed by atoms with Crippen LogP contribution in [0.2, 0.25) is 0 Å². The second-order valence-corrected chi connectivity index (χ2v) is 4.13. The summed E-state index contributed by atoms with van der Waals surface area (Å²) in [5, 5.41) is 0. The Hall–Kier alpha value is -0.570. The fraction of sp³-hybridized carbons (Fsp3) is 0.889. The number of hydrogen-bond donors (Lipinski definition) is 1. The minimum Gasteiger partial charge on any atom is -0.444 e. The van der Waals surface area contributed by atoms with E-state index in [0.717, 1.165) is 19.3 Å². The monoisotopic (exact) mass is 169 g/mol. The molecule has 3 nitrogen and oxygen atoms in total. The van der Waals surface area contributed by atoms with Crippen molar-refractivity contribution in [3.63, 3.8) is 0 Å². The number of carbonyl (C=O) groups is 1. The van der Waals surface area contributed by atoms with Crippen molar-refractivity contribution in [1.29, 1.82) is 0 Å². The first-order chi connectivity index (χ1) is 5.60. The average molecular weight is 169 g/mol. The van der Waals surface area contributed by atoms with Crippen LogP contribution in [0, 0.1) is 11.8 Å². The number of esters is 1. The van der Waals surface area contributed by atoms with E-state index in [4.69, 9.17) is 10.5 Å². The van der Waals surface area contributed by atoms with E-state index in [1.54, 1.807) is 0 Å². The van der Waals surface area contributed by atoms with Gasteiger partial charge in [0, 0.05) is 19.3 Å². The van der Waals surface area contributed by atoms with E-state index < -0.39 is 5.72 Å². The van der Waals surface area contributed by atoms with E-state index in [2.05, 4.69) is 0 Å². The van der Waals surface area contributed by atoms with Crippen molar-refractivity contribution in [2.24, 2.45) is 17.6 Å². The lowest BCUT2D eigenvalue weighted by molar-refractivity contribution is -0.162. The van der Waals surface area contributed by atoms with Crippen LogP contribution >= 0.6 is 0 Å². The highest BCUT2D eigenvalue weighted by atomic mass is 16.6. The van der Waals surface area contributed by atoms with Gasteiger partial charge in [0.1, 0.15) is 0 Å². The fourth-order valence-electron chi connectivity index (χ4n) is 2.71. The van der Waals surface area contributed by atoms with E-state index in [1.165, 1.54) is 13.3 Å². The zero-order chi connectivity index (χ0) is 8.77. The van der Waals surface area contributed by atoms with Crippen molar-refractivity contribution in [2.45, 2.75) is 38.3 Å². The Kier molecular flexibility index (Phi) is 1.65. The second-order valence-electron chi connectivity index (χ2n) is 4.13. The lowest BCUT2D eigenvalue weighted by Crippen LogP contribution is -2.48. The van der Waals surface area contributed by atoms with Gasteiger partial charge in [0.25, 0.3) is 0 Å². The molecule has 0 saturated heterocycles. The Bertz CT molecular complexity index is 217. The number of carbonyl (C=O) groups excluding carboxylic acids is 1. The van der Waals surface area contributed by atoms with Gasteiger partial charge < -0.3 is 4.74 Å². The van der Waals surface area contributed by atoms with Crippen molar-refractivity contribution < 1.29 is 9.53 Å². The molecule has 0 aromatic rings. The number of hydrogen-bond acceptors (Lipinski definition) is 3. The molecule has 2 aliphatic carbocycles. The van der Waals surface area contributed by atoms with E-state index in [9.17, 15) is 4.79 Å². The maximum atomic E-state index is 10.8. The highest BCUT2D eigenvalue weighted by Crippen LogP contribution is 2.49. The highest BCUT2D eigenvalue weighted by Gasteiger charge is 2.50. The Morgan fingerprint density at radius 3 is 2.75 bits per heavy atom. The summed E-state index contributed by atoms with van der Waals surface area (Å²) in [4.78, 5) is 10.8. The average Bonchev–Trinajstić information content (AvgIpc) is 2.42. The Morgan fingerprint density at radius 1 is 1.58 bits per heavy atom. The molecule has 0 aromatic carbocycles. The van der Waals surface area contributed by atoms with Gasteiger partial charge in [0.2, 0.25) is 0 Å². The van der Waals surface area contributed by atoms with Crippen LogP contribution < -0.4 is 5.73 Å². The molecule has 12 heavy (non-hydrogen) atoms. The first-order valence-electron chi connectivity index (χ1n) is 4.58. The molecule has 68 valence electrons. The van der Waals surface area contributed by atoms with E-state index in [1.807, 2.05) is 0 Å². The van der Waals surface area contributed by atoms with E-state index in [0.29, 0.717) is 11.8 Å². The summed E-state index contributed by atoms with van der Waals surface area (Å²) in [6.45, 7) is 1.43. The molecule has 2 bridgehead atoms. The standard InChI is InChI=1S/C9H15NO2/c1-6(11)12-9(10)5-7-2-3-8(9)4-7/h7-8H,2-5,10H2,1H3. The third-order valence-corrected chi connectivity index (χ3v) is 3.17. The zero-order valence-electron chi connectivity index (χ0n) is 7.38. The van der Waals surface area contributed by atoms with Crippen LogP contribution in [-0.4, -0.2) is 11.7 Å². The summed E-state index contributed by atoms with van der Waals surface area (Å²) < 4.78 is 5.17. The first-order valence-corrected chi connectivity index (χ1v) is 4.58. The second kappa shape index (κ2) is 2.46. The van der Waals surface area contributed by atoms with Gasteiger partial charge in [-0.3, -0.25) is 10.5 Å². The van der Waals surface area contributed by atoms with Crippen LogP contribution in [0.5, 0.6) is 0 Å². The van der Waals surface area contributed by atoms with Gasteiger partial charge in [-0.15, -0.1) is 0 Å². The topological polar surface area (TPSA) is 52.3 Å². The predicted molar refractivity (Wildman–Crippen MR) is 44.1 cm³/mol. The van der Waals surface area contributed by atoms with Gasteiger partial charge in [-0.25, -0.2) is 0 Å². The van der Waals surface area contributed by atoms with Crippen molar-refractivity contribution >= 4 is 5.97 Å². The SMILES string of the molecule is CC(=O)OC1(N)CC2CCC1C2. The molecule has 0 radical (unpaired) electrons. The quantitative estimate of drug-likeness (QED) is 0.471. The minimum atomic E-state index is -0.616. The lowest BCUT2D eigenvalue weighted by Gasteiger charge is -2.32. The molecule has 3 heteroatoms. The molecule has 3 unspecified atom stereocenters. The third kappa shape index (κ3) is 1.12. The van der Waals surface area contributed by atoms with Crippen LogP contribution in [0.4, 0.5) is 0 Å². The summed E-state index contributed by atoms with van der Waals surface area (Å²) in [6.07, 6.45) is 4.43. The van der Waals surface area contributed by atoms with Crippen LogP contribution in [0.1, 0.15) is 32.6 Å². The summed E-state index contributed by atoms with van der Waals surface area (Å²) >= 11 is 0. The number of fused-ring (bicyclic) bond motifs is 2. The summed E-state index contributed by atoms with van der Waals surface area (Å²) in [6, 6.07) is 0. The smallest absolute Gasteiger partial charge is 0.304 e. The molecule has 0 amide bonds. The molecular formula is C9H15NO2. The van der Waals surface area contributed by atoms with E-state index >= 15 is 0 Å². The Balaban J connectivity index is 2.07. The fourth-order valence-corrected chi connectivity index (χ4v) is 2.71. The summed E-state index contributed by atoms with van der Waals surface area (Å²) in [5.41, 5.74) is 5.39. The van der Waals surface area contributed by atoms with Crippen molar-refractivity contribution in [3.8, 4) is 0 Å². The number of ether oxygens (including phenoxy) is 1. The van der Waals surface area contributed by atoms with Crippen LogP contribution in [0.25, 0.3) is 0 Å². The largest absolute Gasteiger partial charge is 0.444 e. The summed E-state index contributed by atoms with van der Waals surface area (Å²) in [5.74, 6) is 0.885. The van der Waals surface area contributed by atoms with Gasteiger partial charge in [-0.05, 0) is 25.2 Å². The predicted octanol–water partition coefficient (Wildman–Crippen LogP) is 1.02. The maximum absolute atomic E-state index is 10.8. The summed E-state index contributed by atoms with van der Waals surface area (Å²) in [7, 11) is 0. The molecule has 0 aromatic heterocycles. The molecule has 0 aliphatic heterocycles. The first kappa shape index (κ1) is 8.05. The molecule has 3 atom stereocenters. The van der Waals surface area contributed by atoms with Crippen LogP contribution in [-0.2, 0) is 9.53 Å². The van der Waals surface area contributed by atoms with E-state index in [-0.39, 0.29) is 5.97 Å². The van der Waals surface area contributed by atoms with Gasteiger partial charge in [0.15, 0.2) is 5.72 Å². The van der Waals surface area contributed by atoms with Crippen LogP contribution in [0.3, 0.4) is 0 Å². The molecule has 2 fully saturated rings. The molecule has 2 aliphatic rings. The molecule has 0 heterocycles. The molecule has 0 spiro atoms. The van der Waals surface area contributed by atoms with Crippen molar-refractivity contribution in [1.82, 2.24) is 0 Å².